The Kier molecular flexibility index (Phi) is 3.18. The Bertz CT molecular complexity index is 578. The van der Waals surface area contributed by atoms with Crippen LogP contribution in [0, 0.1) is 0 Å². The monoisotopic (exact) mass is 247 g/mol. The number of nitrogen functional groups attached to an aromatic ring is 1. The molecular weight excluding hydrogens is 234 g/mol. The van der Waals surface area contributed by atoms with Gasteiger partial charge >= 0.3 is 0 Å². The molecule has 1 aromatic heterocycles. The van der Waals surface area contributed by atoms with Crippen molar-refractivity contribution in [1.29, 1.82) is 0 Å². The number of nitrogens with two attached hydrogens (primary N) is 1. The van der Waals surface area contributed by atoms with Gasteiger partial charge in [-0.3, -0.25) is 4.79 Å². The van der Waals surface area contributed by atoms with E-state index in [0.717, 1.165) is 0 Å². The number of nitrogens with zero attached hydrogens (tertiary/aromatic N) is 1. The van der Waals surface area contributed by atoms with Crippen molar-refractivity contribution in [3.63, 3.8) is 0 Å². The lowest BCUT2D eigenvalue weighted by Crippen LogP contribution is -2.08. The van der Waals surface area contributed by atoms with Crippen LogP contribution in [0.15, 0.2) is 28.8 Å². The summed E-state index contributed by atoms with van der Waals surface area (Å²) in [5.41, 5.74) is 6.71. The van der Waals surface area contributed by atoms with Gasteiger partial charge in [-0.15, -0.1) is 0 Å². The van der Waals surface area contributed by atoms with E-state index in [1.54, 1.807) is 24.3 Å². The predicted molar refractivity (Wildman–Crippen MR) is 67.2 cm³/mol. The molecule has 2 aromatic rings. The van der Waals surface area contributed by atoms with Crippen LogP contribution < -0.4 is 15.8 Å². The number of ether oxygens (including phenoxy) is 1. The number of carbonyl (C=O) groups is 1. The standard InChI is InChI=1S/C12H13N3O3/c1-7(16)14-12-8(4-3-5-9(12)17-2)10-6-11(13)15-18-10/h3-6H,1-2H3,(H2,13,15)(H,14,16). The van der Waals surface area contributed by atoms with Gasteiger partial charge in [-0.1, -0.05) is 11.2 Å². The highest BCUT2D eigenvalue weighted by atomic mass is 16.5. The fourth-order valence-corrected chi connectivity index (χ4v) is 1.63. The van der Waals surface area contributed by atoms with Gasteiger partial charge in [-0.25, -0.2) is 0 Å². The molecule has 0 fully saturated rings. The first-order chi connectivity index (χ1) is 8.61. The Morgan fingerprint density at radius 2 is 2.28 bits per heavy atom. The van der Waals surface area contributed by atoms with E-state index in [4.69, 9.17) is 15.0 Å². The van der Waals surface area contributed by atoms with E-state index in [1.807, 2.05) is 0 Å². The fourth-order valence-electron chi connectivity index (χ4n) is 1.63. The molecule has 1 amide bonds. The second kappa shape index (κ2) is 4.79. The number of hydrogen-bond acceptors (Lipinski definition) is 5. The van der Waals surface area contributed by atoms with Crippen molar-refractivity contribution in [2.24, 2.45) is 0 Å². The molecule has 0 aliphatic carbocycles. The summed E-state index contributed by atoms with van der Waals surface area (Å²) in [4.78, 5) is 11.2. The zero-order valence-corrected chi connectivity index (χ0v) is 10.1. The quantitative estimate of drug-likeness (QED) is 0.864. The zero-order valence-electron chi connectivity index (χ0n) is 10.1. The molecule has 18 heavy (non-hydrogen) atoms. The SMILES string of the molecule is COc1cccc(-c2cc(N)no2)c1NC(C)=O. The van der Waals surface area contributed by atoms with Crippen LogP contribution >= 0.6 is 0 Å². The minimum Gasteiger partial charge on any atom is -0.495 e. The van der Waals surface area contributed by atoms with E-state index in [0.29, 0.717) is 22.8 Å². The smallest absolute Gasteiger partial charge is 0.221 e. The molecule has 0 saturated heterocycles. The van der Waals surface area contributed by atoms with Gasteiger partial charge < -0.3 is 20.3 Å². The van der Waals surface area contributed by atoms with E-state index in [9.17, 15) is 4.79 Å². The largest absolute Gasteiger partial charge is 0.495 e. The highest BCUT2D eigenvalue weighted by Gasteiger charge is 2.15. The summed E-state index contributed by atoms with van der Waals surface area (Å²) in [6, 6.07) is 6.90. The van der Waals surface area contributed by atoms with Crippen LogP contribution in [0.25, 0.3) is 11.3 Å². The average molecular weight is 247 g/mol. The Morgan fingerprint density at radius 3 is 2.83 bits per heavy atom. The second-order valence-electron chi connectivity index (χ2n) is 3.68. The predicted octanol–water partition coefficient (Wildman–Crippen LogP) is 1.89. The minimum absolute atomic E-state index is 0.201. The summed E-state index contributed by atoms with van der Waals surface area (Å²) in [5, 5.41) is 6.33. The molecule has 0 aliphatic heterocycles. The molecule has 2 rings (SSSR count). The Labute approximate surface area is 104 Å². The molecule has 1 aromatic carbocycles. The number of nitrogens with one attached hydrogen (secondary N) is 1. The van der Waals surface area contributed by atoms with Crippen molar-refractivity contribution in [1.82, 2.24) is 5.16 Å². The molecule has 3 N–H and O–H groups in total. The van der Waals surface area contributed by atoms with Crippen molar-refractivity contribution in [3.8, 4) is 17.1 Å². The lowest BCUT2D eigenvalue weighted by Gasteiger charge is -2.12. The number of rotatable bonds is 3. The summed E-state index contributed by atoms with van der Waals surface area (Å²) in [5.74, 6) is 1.09. The van der Waals surface area contributed by atoms with Crippen molar-refractivity contribution >= 4 is 17.4 Å². The lowest BCUT2D eigenvalue weighted by atomic mass is 10.1. The van der Waals surface area contributed by atoms with Crippen molar-refractivity contribution < 1.29 is 14.1 Å². The summed E-state index contributed by atoms with van der Waals surface area (Å²) in [7, 11) is 1.53. The van der Waals surface area contributed by atoms with Crippen LogP contribution in [0.2, 0.25) is 0 Å². The van der Waals surface area contributed by atoms with Crippen LogP contribution in [0.3, 0.4) is 0 Å². The van der Waals surface area contributed by atoms with Gasteiger partial charge in [0.2, 0.25) is 5.91 Å². The van der Waals surface area contributed by atoms with Gasteiger partial charge in [0.25, 0.3) is 0 Å². The first-order valence-electron chi connectivity index (χ1n) is 5.29. The number of anilines is 2. The molecular formula is C12H13N3O3. The van der Waals surface area contributed by atoms with E-state index in [2.05, 4.69) is 10.5 Å². The molecule has 0 radical (unpaired) electrons. The van der Waals surface area contributed by atoms with Crippen LogP contribution in [0.5, 0.6) is 5.75 Å². The minimum atomic E-state index is -0.201. The molecule has 0 saturated carbocycles. The maximum Gasteiger partial charge on any atom is 0.221 e. The lowest BCUT2D eigenvalue weighted by molar-refractivity contribution is -0.114. The highest BCUT2D eigenvalue weighted by molar-refractivity contribution is 5.96. The molecule has 1 heterocycles. The molecule has 94 valence electrons. The van der Waals surface area contributed by atoms with Crippen LogP contribution in [0.4, 0.5) is 11.5 Å². The first-order valence-corrected chi connectivity index (χ1v) is 5.29. The van der Waals surface area contributed by atoms with Gasteiger partial charge in [0.15, 0.2) is 11.6 Å². The third kappa shape index (κ3) is 2.27. The van der Waals surface area contributed by atoms with Crippen molar-refractivity contribution in [2.75, 3.05) is 18.2 Å². The Hall–Kier alpha value is -2.50. The number of amides is 1. The third-order valence-electron chi connectivity index (χ3n) is 2.34. The molecule has 0 aliphatic rings. The fraction of sp³-hybridized carbons (Fsp3) is 0.167. The Balaban J connectivity index is 2.55. The van der Waals surface area contributed by atoms with E-state index >= 15 is 0 Å². The van der Waals surface area contributed by atoms with Crippen LogP contribution in [-0.2, 0) is 4.79 Å². The van der Waals surface area contributed by atoms with Gasteiger partial charge in [0, 0.05) is 18.6 Å². The molecule has 0 bridgehead atoms. The third-order valence-corrected chi connectivity index (χ3v) is 2.34. The number of benzene rings is 1. The van der Waals surface area contributed by atoms with Gasteiger partial charge in [0.05, 0.1) is 12.8 Å². The van der Waals surface area contributed by atoms with E-state index in [1.165, 1.54) is 14.0 Å². The highest BCUT2D eigenvalue weighted by Crippen LogP contribution is 2.36. The maximum atomic E-state index is 11.2. The summed E-state index contributed by atoms with van der Waals surface area (Å²) < 4.78 is 10.3. The van der Waals surface area contributed by atoms with Crippen LogP contribution in [0.1, 0.15) is 6.92 Å². The van der Waals surface area contributed by atoms with E-state index in [-0.39, 0.29) is 11.7 Å². The summed E-state index contributed by atoms with van der Waals surface area (Å²) in [6.07, 6.45) is 0. The van der Waals surface area contributed by atoms with Crippen molar-refractivity contribution in [2.45, 2.75) is 6.92 Å². The second-order valence-corrected chi connectivity index (χ2v) is 3.68. The Morgan fingerprint density at radius 1 is 1.50 bits per heavy atom. The number of para-hydroxylation sites is 1. The normalized spacial score (nSPS) is 10.1. The molecule has 6 nitrogen and oxygen atoms in total. The molecule has 0 atom stereocenters. The molecule has 6 heteroatoms. The number of methoxy groups -OCH3 is 1. The molecule has 0 unspecified atom stereocenters. The first kappa shape index (κ1) is 12.0. The van der Waals surface area contributed by atoms with Gasteiger partial charge in [-0.2, -0.15) is 0 Å². The number of carbonyl (C=O) groups excluding carboxylic acids is 1. The van der Waals surface area contributed by atoms with Gasteiger partial charge in [0.1, 0.15) is 5.75 Å². The molecule has 0 spiro atoms. The maximum absolute atomic E-state index is 11.2. The average Bonchev–Trinajstić information content (AvgIpc) is 2.75. The van der Waals surface area contributed by atoms with Gasteiger partial charge in [-0.05, 0) is 12.1 Å². The van der Waals surface area contributed by atoms with E-state index < -0.39 is 0 Å². The number of aromatic nitrogens is 1. The zero-order chi connectivity index (χ0) is 13.1. The topological polar surface area (TPSA) is 90.4 Å². The summed E-state index contributed by atoms with van der Waals surface area (Å²) in [6.45, 7) is 1.42. The van der Waals surface area contributed by atoms with Crippen LogP contribution in [-0.4, -0.2) is 18.2 Å². The number of hydrogen-bond donors (Lipinski definition) is 2. The van der Waals surface area contributed by atoms with Crippen molar-refractivity contribution in [3.05, 3.63) is 24.3 Å². The summed E-state index contributed by atoms with van der Waals surface area (Å²) >= 11 is 0.